The number of ether oxygens (including phenoxy) is 1. The van der Waals surface area contributed by atoms with Gasteiger partial charge in [-0.05, 0) is 42.8 Å². The first-order valence-electron chi connectivity index (χ1n) is 9.96. The van der Waals surface area contributed by atoms with Gasteiger partial charge in [0.1, 0.15) is 10.8 Å². The Bertz CT molecular complexity index is 1260. The van der Waals surface area contributed by atoms with Crippen molar-refractivity contribution in [2.45, 2.75) is 19.6 Å². The molecule has 5 rings (SSSR count). The van der Waals surface area contributed by atoms with Crippen LogP contribution in [0.3, 0.4) is 0 Å². The summed E-state index contributed by atoms with van der Waals surface area (Å²) in [6.45, 7) is 2.20. The normalized spacial score (nSPS) is 15.5. The molecule has 4 aromatic rings. The van der Waals surface area contributed by atoms with Crippen LogP contribution in [0, 0.1) is 0 Å². The lowest BCUT2D eigenvalue weighted by Gasteiger charge is -2.33. The monoisotopic (exact) mass is 446 g/mol. The highest BCUT2D eigenvalue weighted by atomic mass is 35.5. The number of rotatable bonds is 4. The van der Waals surface area contributed by atoms with Gasteiger partial charge in [0.2, 0.25) is 0 Å². The number of anilines is 1. The van der Waals surface area contributed by atoms with E-state index in [9.17, 15) is 4.79 Å². The predicted octanol–water partition coefficient (Wildman–Crippen LogP) is 6.44. The molecular weight excluding hydrogens is 428 g/mol. The van der Waals surface area contributed by atoms with E-state index in [1.165, 1.54) is 0 Å². The van der Waals surface area contributed by atoms with Crippen LogP contribution in [0.1, 0.15) is 12.5 Å². The second kappa shape index (κ2) is 8.17. The van der Waals surface area contributed by atoms with Crippen molar-refractivity contribution in [1.29, 1.82) is 0 Å². The highest BCUT2D eigenvalue weighted by molar-refractivity contribution is 7.13. The molecule has 0 saturated carbocycles. The third-order valence-corrected chi connectivity index (χ3v) is 6.34. The molecule has 1 aromatic heterocycles. The Morgan fingerprint density at radius 3 is 2.68 bits per heavy atom. The van der Waals surface area contributed by atoms with Crippen molar-refractivity contribution < 1.29 is 9.53 Å². The van der Waals surface area contributed by atoms with Gasteiger partial charge in [0.05, 0.1) is 17.9 Å². The van der Waals surface area contributed by atoms with Crippen molar-refractivity contribution in [2.24, 2.45) is 0 Å². The molecule has 4 nitrogen and oxygen atoms in total. The van der Waals surface area contributed by atoms with Gasteiger partial charge in [0.25, 0.3) is 5.91 Å². The second-order valence-electron chi connectivity index (χ2n) is 7.40. The van der Waals surface area contributed by atoms with Crippen molar-refractivity contribution >= 4 is 34.5 Å². The van der Waals surface area contributed by atoms with Gasteiger partial charge in [-0.25, -0.2) is 4.98 Å². The zero-order valence-electron chi connectivity index (χ0n) is 16.8. The lowest BCUT2D eigenvalue weighted by atomic mass is 10.1. The predicted molar refractivity (Wildman–Crippen MR) is 126 cm³/mol. The van der Waals surface area contributed by atoms with Crippen LogP contribution in [0.2, 0.25) is 5.02 Å². The summed E-state index contributed by atoms with van der Waals surface area (Å²) < 4.78 is 5.87. The molecular formula is C25H19ClN2O2S. The summed E-state index contributed by atoms with van der Waals surface area (Å²) in [5, 5.41) is 3.65. The van der Waals surface area contributed by atoms with E-state index in [2.05, 4.69) is 12.1 Å². The minimum absolute atomic E-state index is 0.0760. The molecule has 154 valence electrons. The van der Waals surface area contributed by atoms with Crippen LogP contribution in [-0.4, -0.2) is 17.0 Å². The topological polar surface area (TPSA) is 42.4 Å². The van der Waals surface area contributed by atoms with Gasteiger partial charge in [-0.2, -0.15) is 0 Å². The van der Waals surface area contributed by atoms with E-state index in [0.717, 1.165) is 33.1 Å². The van der Waals surface area contributed by atoms with Crippen molar-refractivity contribution in [1.82, 2.24) is 4.98 Å². The van der Waals surface area contributed by atoms with Crippen LogP contribution in [0.5, 0.6) is 5.75 Å². The van der Waals surface area contributed by atoms with Gasteiger partial charge >= 0.3 is 0 Å². The van der Waals surface area contributed by atoms with Crippen molar-refractivity contribution in [3.05, 3.63) is 88.8 Å². The number of aromatic nitrogens is 1. The van der Waals surface area contributed by atoms with Gasteiger partial charge in [0.15, 0.2) is 6.10 Å². The summed E-state index contributed by atoms with van der Waals surface area (Å²) in [6, 6.07) is 23.6. The molecule has 0 saturated heterocycles. The Balaban J connectivity index is 1.52. The number of halogens is 1. The summed E-state index contributed by atoms with van der Waals surface area (Å²) >= 11 is 7.75. The molecule has 0 spiro atoms. The fraction of sp³-hybridized carbons (Fsp3) is 0.120. The molecule has 0 fully saturated rings. The number of benzene rings is 3. The molecule has 1 aliphatic heterocycles. The molecule has 1 atom stereocenters. The molecule has 0 aliphatic carbocycles. The molecule has 0 radical (unpaired) electrons. The minimum Gasteiger partial charge on any atom is -0.479 e. The lowest BCUT2D eigenvalue weighted by molar-refractivity contribution is -0.125. The largest absolute Gasteiger partial charge is 0.479 e. The Kier molecular flexibility index (Phi) is 5.22. The van der Waals surface area contributed by atoms with Crippen LogP contribution in [0.25, 0.3) is 21.8 Å². The van der Waals surface area contributed by atoms with Gasteiger partial charge in [-0.15, -0.1) is 11.3 Å². The van der Waals surface area contributed by atoms with Crippen LogP contribution in [0.15, 0.2) is 78.2 Å². The molecule has 2 heterocycles. The Hall–Kier alpha value is -3.15. The number of hydrogen-bond acceptors (Lipinski definition) is 4. The maximum absolute atomic E-state index is 13.0. The summed E-state index contributed by atoms with van der Waals surface area (Å²) in [5.41, 5.74) is 4.62. The zero-order chi connectivity index (χ0) is 21.4. The molecule has 0 N–H and O–H groups in total. The van der Waals surface area contributed by atoms with Gasteiger partial charge < -0.3 is 9.64 Å². The van der Waals surface area contributed by atoms with E-state index in [1.807, 2.05) is 66.0 Å². The molecule has 1 aliphatic rings. The fourth-order valence-corrected chi connectivity index (χ4v) is 4.72. The standard InChI is InChI=1S/C25H19ClN2O2S/c1-16-25(29)28(14-17-6-5-9-20(26)12-17)22-13-19(10-11-23(22)30-16)21-15-31-24(27-21)18-7-3-2-4-8-18/h2-13,15-16H,14H2,1H3. The van der Waals surface area contributed by atoms with Gasteiger partial charge in [0, 0.05) is 21.5 Å². The van der Waals surface area contributed by atoms with Crippen molar-refractivity contribution in [2.75, 3.05) is 4.90 Å². The SMILES string of the molecule is CC1Oc2ccc(-c3csc(-c4ccccc4)n3)cc2N(Cc2cccc(Cl)c2)C1=O. The van der Waals surface area contributed by atoms with E-state index in [-0.39, 0.29) is 5.91 Å². The molecule has 1 amide bonds. The van der Waals surface area contributed by atoms with Crippen LogP contribution in [0.4, 0.5) is 5.69 Å². The van der Waals surface area contributed by atoms with Crippen LogP contribution in [-0.2, 0) is 11.3 Å². The van der Waals surface area contributed by atoms with E-state index < -0.39 is 6.10 Å². The molecule has 3 aromatic carbocycles. The van der Waals surface area contributed by atoms with Gasteiger partial charge in [-0.3, -0.25) is 4.79 Å². The first kappa shape index (κ1) is 19.8. The summed E-state index contributed by atoms with van der Waals surface area (Å²) in [4.78, 5) is 19.5. The highest BCUT2D eigenvalue weighted by Gasteiger charge is 2.32. The fourth-order valence-electron chi connectivity index (χ4n) is 3.67. The third kappa shape index (κ3) is 3.94. The number of carbonyl (C=O) groups is 1. The average Bonchev–Trinajstić information content (AvgIpc) is 3.28. The minimum atomic E-state index is -0.540. The quantitative estimate of drug-likeness (QED) is 0.362. The Labute approximate surface area is 189 Å². The number of thiazole rings is 1. The zero-order valence-corrected chi connectivity index (χ0v) is 18.4. The van der Waals surface area contributed by atoms with E-state index in [4.69, 9.17) is 21.3 Å². The lowest BCUT2D eigenvalue weighted by Crippen LogP contribution is -2.44. The molecule has 0 bridgehead atoms. The second-order valence-corrected chi connectivity index (χ2v) is 8.70. The number of fused-ring (bicyclic) bond motifs is 1. The maximum Gasteiger partial charge on any atom is 0.268 e. The molecule has 1 unspecified atom stereocenters. The summed E-state index contributed by atoms with van der Waals surface area (Å²) in [6.07, 6.45) is -0.540. The maximum atomic E-state index is 13.0. The van der Waals surface area contributed by atoms with E-state index >= 15 is 0 Å². The Morgan fingerprint density at radius 2 is 1.87 bits per heavy atom. The van der Waals surface area contributed by atoms with Gasteiger partial charge in [-0.1, -0.05) is 54.1 Å². The van der Waals surface area contributed by atoms with Crippen LogP contribution < -0.4 is 9.64 Å². The van der Waals surface area contributed by atoms with Crippen LogP contribution >= 0.6 is 22.9 Å². The third-order valence-electron chi connectivity index (χ3n) is 5.22. The molecule has 31 heavy (non-hydrogen) atoms. The first-order valence-corrected chi connectivity index (χ1v) is 11.2. The number of nitrogens with zero attached hydrogens (tertiary/aromatic N) is 2. The highest BCUT2D eigenvalue weighted by Crippen LogP contribution is 2.39. The molecule has 6 heteroatoms. The summed E-state index contributed by atoms with van der Waals surface area (Å²) in [7, 11) is 0. The first-order chi connectivity index (χ1) is 15.1. The smallest absolute Gasteiger partial charge is 0.268 e. The van der Waals surface area contributed by atoms with E-state index in [0.29, 0.717) is 17.3 Å². The number of hydrogen-bond donors (Lipinski definition) is 0. The Morgan fingerprint density at radius 1 is 1.03 bits per heavy atom. The average molecular weight is 447 g/mol. The van der Waals surface area contributed by atoms with Crippen molar-refractivity contribution in [3.63, 3.8) is 0 Å². The number of carbonyl (C=O) groups excluding carboxylic acids is 1. The number of amides is 1. The summed E-state index contributed by atoms with van der Waals surface area (Å²) in [5.74, 6) is 0.615. The van der Waals surface area contributed by atoms with Crippen molar-refractivity contribution in [3.8, 4) is 27.6 Å². The van der Waals surface area contributed by atoms with E-state index in [1.54, 1.807) is 23.2 Å².